The normalized spacial score (nSPS) is 10.8. The van der Waals surface area contributed by atoms with Gasteiger partial charge in [0.25, 0.3) is 0 Å². The first-order chi connectivity index (χ1) is 8.20. The van der Waals surface area contributed by atoms with Crippen molar-refractivity contribution in [3.8, 4) is 10.6 Å². The molecule has 0 atom stereocenters. The van der Waals surface area contributed by atoms with Crippen LogP contribution in [0.5, 0.6) is 0 Å². The third-order valence-electron chi connectivity index (χ3n) is 2.21. The molecular weight excluding hydrogens is 322 g/mol. The number of hydrogen-bond donors (Lipinski definition) is 1. The first-order valence-electron chi connectivity index (χ1n) is 5.13. The van der Waals surface area contributed by atoms with Crippen LogP contribution in [-0.4, -0.2) is 23.8 Å². The minimum absolute atomic E-state index is 0.704. The van der Waals surface area contributed by atoms with E-state index >= 15 is 0 Å². The summed E-state index contributed by atoms with van der Waals surface area (Å²) in [6, 6.07) is 5.67. The van der Waals surface area contributed by atoms with Crippen molar-refractivity contribution in [2.45, 2.75) is 6.42 Å². The van der Waals surface area contributed by atoms with Crippen molar-refractivity contribution >= 4 is 38.9 Å². The maximum atomic E-state index is 5.98. The number of nitrogens with one attached hydrogen (secondary N) is 1. The Morgan fingerprint density at radius 2 is 2.24 bits per heavy atom. The molecule has 0 aliphatic carbocycles. The smallest absolute Gasteiger partial charge is 0.148 e. The Morgan fingerprint density at radius 1 is 1.41 bits per heavy atom. The van der Waals surface area contributed by atoms with Crippen molar-refractivity contribution in [3.63, 3.8) is 0 Å². The minimum atomic E-state index is 0.704. The number of likely N-dealkylation sites (N-methyl/N-ethyl adjacent to an activating group) is 1. The number of nitrogens with zero attached hydrogens (tertiary/aromatic N) is 2. The Labute approximate surface area is 117 Å². The molecule has 1 N–H and O–H groups in total. The third kappa shape index (κ3) is 3.25. The number of halogens is 2. The Kier molecular flexibility index (Phi) is 4.50. The lowest BCUT2D eigenvalue weighted by molar-refractivity contribution is 0.779. The zero-order valence-corrected chi connectivity index (χ0v) is 12.4. The van der Waals surface area contributed by atoms with Gasteiger partial charge >= 0.3 is 0 Å². The molecule has 0 aliphatic heterocycles. The fourth-order valence-electron chi connectivity index (χ4n) is 1.36. The molecule has 90 valence electrons. The highest BCUT2D eigenvalue weighted by molar-refractivity contribution is 9.10. The molecule has 3 nitrogen and oxygen atoms in total. The van der Waals surface area contributed by atoms with E-state index in [-0.39, 0.29) is 0 Å². The molecule has 0 spiro atoms. The van der Waals surface area contributed by atoms with Gasteiger partial charge in [0.15, 0.2) is 0 Å². The van der Waals surface area contributed by atoms with E-state index in [1.165, 1.54) is 0 Å². The van der Waals surface area contributed by atoms with Gasteiger partial charge in [-0.05, 0) is 25.2 Å². The summed E-state index contributed by atoms with van der Waals surface area (Å²) in [5, 5.41) is 14.1. The van der Waals surface area contributed by atoms with Gasteiger partial charge in [-0.1, -0.05) is 38.9 Å². The molecule has 17 heavy (non-hydrogen) atoms. The average Bonchev–Trinajstić information content (AvgIpc) is 2.78. The lowest BCUT2D eigenvalue weighted by Crippen LogP contribution is -2.09. The Bertz CT molecular complexity index is 515. The van der Waals surface area contributed by atoms with Gasteiger partial charge in [0.1, 0.15) is 10.0 Å². The van der Waals surface area contributed by atoms with Crippen LogP contribution in [0.2, 0.25) is 5.02 Å². The van der Waals surface area contributed by atoms with Crippen LogP contribution < -0.4 is 5.32 Å². The molecule has 0 amide bonds. The topological polar surface area (TPSA) is 37.8 Å². The van der Waals surface area contributed by atoms with E-state index < -0.39 is 0 Å². The number of benzene rings is 1. The molecule has 0 radical (unpaired) electrons. The molecule has 0 saturated carbocycles. The first-order valence-corrected chi connectivity index (χ1v) is 7.12. The van der Waals surface area contributed by atoms with Crippen LogP contribution >= 0.6 is 38.9 Å². The fraction of sp³-hybridized carbons (Fsp3) is 0.273. The van der Waals surface area contributed by atoms with Crippen LogP contribution in [-0.2, 0) is 6.42 Å². The summed E-state index contributed by atoms with van der Waals surface area (Å²) in [4.78, 5) is 0. The fourth-order valence-corrected chi connectivity index (χ4v) is 2.96. The standard InChI is InChI=1S/C11H11BrClN3S/c1-14-5-4-10-15-16-11(17-10)8-6-7(13)2-3-9(8)12/h2-3,6,14H,4-5H2,1H3. The van der Waals surface area contributed by atoms with Gasteiger partial charge in [-0.2, -0.15) is 0 Å². The van der Waals surface area contributed by atoms with Gasteiger partial charge in [-0.15, -0.1) is 10.2 Å². The molecule has 0 aliphatic rings. The van der Waals surface area contributed by atoms with Gasteiger partial charge in [0, 0.05) is 28.0 Å². The van der Waals surface area contributed by atoms with Crippen molar-refractivity contribution in [1.82, 2.24) is 15.5 Å². The summed E-state index contributed by atoms with van der Waals surface area (Å²) < 4.78 is 0.984. The van der Waals surface area contributed by atoms with Gasteiger partial charge in [-0.25, -0.2) is 0 Å². The van der Waals surface area contributed by atoms with E-state index in [0.717, 1.165) is 33.0 Å². The quantitative estimate of drug-likeness (QED) is 0.932. The zero-order valence-electron chi connectivity index (χ0n) is 9.20. The largest absolute Gasteiger partial charge is 0.319 e. The van der Waals surface area contributed by atoms with Crippen LogP contribution in [0, 0.1) is 0 Å². The van der Waals surface area contributed by atoms with Gasteiger partial charge in [-0.3, -0.25) is 0 Å². The molecule has 1 aromatic carbocycles. The molecule has 0 saturated heterocycles. The van der Waals surface area contributed by atoms with E-state index in [9.17, 15) is 0 Å². The van der Waals surface area contributed by atoms with E-state index in [1.54, 1.807) is 11.3 Å². The molecule has 1 heterocycles. The molecule has 6 heteroatoms. The van der Waals surface area contributed by atoms with Crippen LogP contribution in [0.15, 0.2) is 22.7 Å². The predicted octanol–water partition coefficient (Wildman–Crippen LogP) is 3.38. The van der Waals surface area contributed by atoms with E-state index in [0.29, 0.717) is 5.02 Å². The lowest BCUT2D eigenvalue weighted by atomic mass is 10.2. The van der Waals surface area contributed by atoms with E-state index in [1.807, 2.05) is 25.2 Å². The Balaban J connectivity index is 2.27. The minimum Gasteiger partial charge on any atom is -0.319 e. The number of rotatable bonds is 4. The number of hydrogen-bond acceptors (Lipinski definition) is 4. The van der Waals surface area contributed by atoms with Crippen LogP contribution in [0.1, 0.15) is 5.01 Å². The first kappa shape index (κ1) is 13.0. The molecule has 0 fully saturated rings. The van der Waals surface area contributed by atoms with Crippen molar-refractivity contribution in [2.75, 3.05) is 13.6 Å². The van der Waals surface area contributed by atoms with Crippen molar-refractivity contribution in [2.24, 2.45) is 0 Å². The highest BCUT2D eigenvalue weighted by atomic mass is 79.9. The maximum Gasteiger partial charge on any atom is 0.148 e. The van der Waals surface area contributed by atoms with Crippen molar-refractivity contribution in [1.29, 1.82) is 0 Å². The van der Waals surface area contributed by atoms with Crippen molar-refractivity contribution in [3.05, 3.63) is 32.7 Å². The van der Waals surface area contributed by atoms with Crippen LogP contribution in [0.3, 0.4) is 0 Å². The maximum absolute atomic E-state index is 5.98. The summed E-state index contributed by atoms with van der Waals surface area (Å²) in [7, 11) is 1.93. The molecule has 0 unspecified atom stereocenters. The van der Waals surface area contributed by atoms with Gasteiger partial charge in [0.05, 0.1) is 0 Å². The summed E-state index contributed by atoms with van der Waals surface area (Å²) in [5.74, 6) is 0. The monoisotopic (exact) mass is 331 g/mol. The average molecular weight is 333 g/mol. The molecule has 2 aromatic rings. The second-order valence-corrected chi connectivity index (χ2v) is 5.83. The van der Waals surface area contributed by atoms with Crippen LogP contribution in [0.25, 0.3) is 10.6 Å². The second kappa shape index (κ2) is 5.91. The molecule has 2 rings (SSSR count). The summed E-state index contributed by atoms with van der Waals surface area (Å²) >= 11 is 11.1. The Morgan fingerprint density at radius 3 is 3.00 bits per heavy atom. The summed E-state index contributed by atoms with van der Waals surface area (Å²) in [6.45, 7) is 0.908. The summed E-state index contributed by atoms with van der Waals surface area (Å²) in [5.41, 5.74) is 0.991. The zero-order chi connectivity index (χ0) is 12.3. The summed E-state index contributed by atoms with van der Waals surface area (Å²) in [6.07, 6.45) is 0.895. The van der Waals surface area contributed by atoms with E-state index in [2.05, 4.69) is 31.4 Å². The molecule has 1 aromatic heterocycles. The SMILES string of the molecule is CNCCc1nnc(-c2cc(Cl)ccc2Br)s1. The lowest BCUT2D eigenvalue weighted by Gasteiger charge is -1.99. The predicted molar refractivity (Wildman–Crippen MR) is 75.7 cm³/mol. The van der Waals surface area contributed by atoms with E-state index in [4.69, 9.17) is 11.6 Å². The second-order valence-electron chi connectivity index (χ2n) is 3.48. The van der Waals surface area contributed by atoms with Gasteiger partial charge in [0.2, 0.25) is 0 Å². The van der Waals surface area contributed by atoms with Crippen molar-refractivity contribution < 1.29 is 0 Å². The Hall–Kier alpha value is -0.490. The molecular formula is C11H11BrClN3S. The highest BCUT2D eigenvalue weighted by Crippen LogP contribution is 2.32. The van der Waals surface area contributed by atoms with Crippen LogP contribution in [0.4, 0.5) is 0 Å². The number of aromatic nitrogens is 2. The third-order valence-corrected chi connectivity index (χ3v) is 4.16. The molecule has 0 bridgehead atoms. The highest BCUT2D eigenvalue weighted by Gasteiger charge is 2.10. The van der Waals surface area contributed by atoms with Gasteiger partial charge < -0.3 is 5.32 Å².